The van der Waals surface area contributed by atoms with Crippen molar-refractivity contribution in [3.63, 3.8) is 0 Å². The molecule has 1 saturated heterocycles. The van der Waals surface area contributed by atoms with Gasteiger partial charge in [0, 0.05) is 30.8 Å². The van der Waals surface area contributed by atoms with E-state index >= 15 is 0 Å². The van der Waals surface area contributed by atoms with Crippen molar-refractivity contribution in [2.75, 3.05) is 13.2 Å². The average molecular weight is 606 g/mol. The van der Waals surface area contributed by atoms with Crippen molar-refractivity contribution in [1.29, 1.82) is 0 Å². The van der Waals surface area contributed by atoms with Crippen LogP contribution in [0.3, 0.4) is 0 Å². The molecule has 1 aromatic heterocycles. The van der Waals surface area contributed by atoms with Crippen LogP contribution in [0.5, 0.6) is 5.75 Å². The van der Waals surface area contributed by atoms with Gasteiger partial charge in [-0.15, -0.1) is 0 Å². The predicted octanol–water partition coefficient (Wildman–Crippen LogP) is 1.54. The molecule has 16 heteroatoms. The van der Waals surface area contributed by atoms with Gasteiger partial charge in [-0.25, -0.2) is 14.0 Å². The smallest absolute Gasteiger partial charge is 0.434 e. The first-order valence-corrected chi connectivity index (χ1v) is 12.9. The first-order chi connectivity index (χ1) is 20.5. The van der Waals surface area contributed by atoms with E-state index in [1.54, 1.807) is 0 Å². The van der Waals surface area contributed by atoms with Crippen molar-refractivity contribution in [3.8, 4) is 5.75 Å². The van der Waals surface area contributed by atoms with E-state index < -0.39 is 65.6 Å². The minimum absolute atomic E-state index is 0.0666. The number of nitrogens with one attached hydrogen (secondary N) is 1. The predicted molar refractivity (Wildman–Crippen MR) is 143 cm³/mol. The molecule has 2 heterocycles. The highest BCUT2D eigenvalue weighted by molar-refractivity contribution is 5.63. The number of halogens is 1. The third-order valence-corrected chi connectivity index (χ3v) is 6.40. The van der Waals surface area contributed by atoms with Crippen LogP contribution in [0.1, 0.15) is 24.3 Å². The number of carbonyl (C=O) groups is 1. The van der Waals surface area contributed by atoms with Gasteiger partial charge in [0.2, 0.25) is 0 Å². The Kier molecular flexibility index (Phi) is 10.3. The lowest BCUT2D eigenvalue weighted by Gasteiger charge is -2.25. The van der Waals surface area contributed by atoms with Gasteiger partial charge >= 0.3 is 11.8 Å². The number of aromatic amines is 1. The average Bonchev–Trinajstić information content (AvgIpc) is 3.27. The van der Waals surface area contributed by atoms with Crippen molar-refractivity contribution in [1.82, 2.24) is 9.55 Å². The molecule has 4 rings (SSSR count). The first-order valence-electron chi connectivity index (χ1n) is 12.9. The van der Waals surface area contributed by atoms with Gasteiger partial charge in [0.25, 0.3) is 11.2 Å². The van der Waals surface area contributed by atoms with Crippen LogP contribution in [0, 0.1) is 15.9 Å². The number of aliphatic hydroxyl groups excluding tert-OH is 2. The number of benzene rings is 2. The van der Waals surface area contributed by atoms with E-state index in [4.69, 9.17) is 23.7 Å². The molecule has 1 unspecified atom stereocenters. The molecule has 0 amide bonds. The standard InChI is InChI=1S/C27H28FN3O12/c1-15(41-24-23(34)21(13-32)42-25(24)30-10-8-22(33)29-26(30)35)40-14-17-4-7-20(19(28)12-17)43-27(36)39-11-9-16-2-5-18(6-3-16)31(37)38/h2-8,10,12,15,21,23-25,32,34H,9,11,13-14H2,1H3,(H,29,33,35)/t15?,21-,23-,24-,25-/m1/s1. The van der Waals surface area contributed by atoms with Crippen LogP contribution in [-0.2, 0) is 32.0 Å². The molecule has 0 spiro atoms. The largest absolute Gasteiger partial charge is 0.513 e. The topological polar surface area (TPSA) is 202 Å². The summed E-state index contributed by atoms with van der Waals surface area (Å²) < 4.78 is 42.4. The zero-order valence-corrected chi connectivity index (χ0v) is 22.7. The number of nitro benzene ring substituents is 1. The van der Waals surface area contributed by atoms with Gasteiger partial charge < -0.3 is 33.9 Å². The Bertz CT molecular complexity index is 1540. The molecule has 0 saturated carbocycles. The maximum absolute atomic E-state index is 14.6. The number of H-pyrrole nitrogens is 1. The van der Waals surface area contributed by atoms with E-state index in [9.17, 15) is 39.1 Å². The Labute approximate surface area is 242 Å². The van der Waals surface area contributed by atoms with Crippen molar-refractivity contribution in [2.45, 2.75) is 50.8 Å². The number of nitro groups is 1. The molecule has 1 aliphatic rings. The van der Waals surface area contributed by atoms with Crippen LogP contribution in [0.15, 0.2) is 64.3 Å². The second-order valence-electron chi connectivity index (χ2n) is 9.37. The Morgan fingerprint density at radius 3 is 2.56 bits per heavy atom. The molecule has 230 valence electrons. The second-order valence-corrected chi connectivity index (χ2v) is 9.37. The summed E-state index contributed by atoms with van der Waals surface area (Å²) in [6.45, 7) is 0.673. The van der Waals surface area contributed by atoms with Crippen molar-refractivity contribution >= 4 is 11.8 Å². The van der Waals surface area contributed by atoms with E-state index in [1.807, 2.05) is 0 Å². The van der Waals surface area contributed by atoms with Crippen LogP contribution in [-0.4, -0.2) is 68.7 Å². The van der Waals surface area contributed by atoms with Gasteiger partial charge in [0.15, 0.2) is 24.1 Å². The maximum atomic E-state index is 14.6. The molecular formula is C27H28FN3O12. The lowest BCUT2D eigenvalue weighted by molar-refractivity contribution is -0.384. The number of non-ortho nitro benzene ring substituents is 1. The van der Waals surface area contributed by atoms with Crippen molar-refractivity contribution in [2.24, 2.45) is 0 Å². The zero-order valence-electron chi connectivity index (χ0n) is 22.7. The minimum Gasteiger partial charge on any atom is -0.434 e. The van der Waals surface area contributed by atoms with Crippen LogP contribution >= 0.6 is 0 Å². The number of nitrogens with zero attached hydrogens (tertiary/aromatic N) is 2. The van der Waals surface area contributed by atoms with E-state index in [2.05, 4.69) is 4.98 Å². The Morgan fingerprint density at radius 2 is 1.91 bits per heavy atom. The van der Waals surface area contributed by atoms with Gasteiger partial charge in [-0.3, -0.25) is 24.5 Å². The fraction of sp³-hybridized carbons (Fsp3) is 0.370. The van der Waals surface area contributed by atoms with Gasteiger partial charge in [-0.05, 0) is 30.2 Å². The van der Waals surface area contributed by atoms with Crippen LogP contribution in [0.4, 0.5) is 14.9 Å². The summed E-state index contributed by atoms with van der Waals surface area (Å²) in [5.41, 5.74) is -0.472. The maximum Gasteiger partial charge on any atom is 0.513 e. The monoisotopic (exact) mass is 605 g/mol. The number of hydrogen-bond donors (Lipinski definition) is 3. The molecule has 43 heavy (non-hydrogen) atoms. The highest BCUT2D eigenvalue weighted by atomic mass is 19.1. The highest BCUT2D eigenvalue weighted by Crippen LogP contribution is 2.32. The molecular weight excluding hydrogens is 577 g/mol. The van der Waals surface area contributed by atoms with E-state index in [1.165, 1.54) is 49.5 Å². The molecule has 5 atom stereocenters. The molecule has 0 radical (unpaired) electrons. The first kappa shape index (κ1) is 31.5. The fourth-order valence-electron chi connectivity index (χ4n) is 4.21. The number of hydrogen-bond acceptors (Lipinski definition) is 12. The SMILES string of the molecule is CC(OCc1ccc(OC(=O)OCCc2ccc([N+](=O)[O-])cc2)c(F)c1)O[C@@H]1[C@H](O)[C@@H](CO)O[C@H]1n1ccc(=O)[nH]c1=O. The summed E-state index contributed by atoms with van der Waals surface area (Å²) in [4.78, 5) is 47.9. The van der Waals surface area contributed by atoms with E-state index in [-0.39, 0.29) is 31.1 Å². The van der Waals surface area contributed by atoms with Crippen molar-refractivity contribution in [3.05, 3.63) is 103 Å². The number of ether oxygens (including phenoxy) is 5. The molecule has 3 aromatic rings. The second kappa shape index (κ2) is 14.1. The summed E-state index contributed by atoms with van der Waals surface area (Å²) in [7, 11) is 0. The fourth-order valence-corrected chi connectivity index (χ4v) is 4.21. The number of rotatable bonds is 12. The molecule has 15 nitrogen and oxygen atoms in total. The lowest BCUT2D eigenvalue weighted by atomic mass is 10.1. The summed E-state index contributed by atoms with van der Waals surface area (Å²) in [5, 5.41) is 30.8. The third kappa shape index (κ3) is 8.08. The van der Waals surface area contributed by atoms with E-state index in [0.717, 1.165) is 16.7 Å². The third-order valence-electron chi connectivity index (χ3n) is 6.40. The molecule has 1 aliphatic heterocycles. The van der Waals surface area contributed by atoms with Gasteiger partial charge in [-0.2, -0.15) is 0 Å². The summed E-state index contributed by atoms with van der Waals surface area (Å²) >= 11 is 0. The summed E-state index contributed by atoms with van der Waals surface area (Å²) in [5.74, 6) is -1.26. The summed E-state index contributed by atoms with van der Waals surface area (Å²) in [6.07, 6.45) is -5.49. The normalized spacial score (nSPS) is 20.5. The molecule has 0 bridgehead atoms. The molecule has 0 aliphatic carbocycles. The molecule has 1 fully saturated rings. The minimum atomic E-state index is -1.34. The van der Waals surface area contributed by atoms with Crippen molar-refractivity contribution < 1.29 is 48.0 Å². The van der Waals surface area contributed by atoms with Gasteiger partial charge in [-0.1, -0.05) is 18.2 Å². The van der Waals surface area contributed by atoms with Crippen LogP contribution in [0.25, 0.3) is 0 Å². The number of aromatic nitrogens is 2. The quantitative estimate of drug-likeness (QED) is 0.0885. The summed E-state index contributed by atoms with van der Waals surface area (Å²) in [6, 6.07) is 10.5. The number of aliphatic hydroxyl groups is 2. The molecule has 3 N–H and O–H groups in total. The van der Waals surface area contributed by atoms with E-state index in [0.29, 0.717) is 11.1 Å². The molecule has 2 aromatic carbocycles. The van der Waals surface area contributed by atoms with Crippen LogP contribution < -0.4 is 16.0 Å². The van der Waals surface area contributed by atoms with Gasteiger partial charge in [0.05, 0.1) is 24.7 Å². The Morgan fingerprint density at radius 1 is 1.19 bits per heavy atom. The zero-order chi connectivity index (χ0) is 31.1. The Balaban J connectivity index is 1.27. The lowest BCUT2D eigenvalue weighted by Crippen LogP contribution is -2.41. The number of carbonyl (C=O) groups excluding carboxylic acids is 1. The highest BCUT2D eigenvalue weighted by Gasteiger charge is 2.46. The van der Waals surface area contributed by atoms with Crippen LogP contribution in [0.2, 0.25) is 0 Å². The Hall–Kier alpha value is -4.48. The van der Waals surface area contributed by atoms with Gasteiger partial charge in [0.1, 0.15) is 18.3 Å².